The Balaban J connectivity index is 0.000000188. The molecule has 1 heterocycles. The number of cyclic esters (lactones) is 1. The fourth-order valence-corrected chi connectivity index (χ4v) is 2.24. The number of ether oxygens (including phenoxy) is 1. The standard InChI is InChI=1S/C13H13N.C6H10O2/c1-11-7-5-6-10-13(11)14-12-8-3-2-4-9-12;7-6-4-2-1-3-5-8-6/h2-10,13-14H,1H2;1-5H2. The number of nitrogens with one attached hydrogen (secondary N) is 1. The Morgan fingerprint density at radius 2 is 1.91 bits per heavy atom. The van der Waals surface area contributed by atoms with Crippen molar-refractivity contribution in [3.8, 4) is 0 Å². The van der Waals surface area contributed by atoms with Crippen LogP contribution in [0, 0.1) is 0 Å². The third-order valence-electron chi connectivity index (χ3n) is 3.51. The van der Waals surface area contributed by atoms with Crippen molar-refractivity contribution in [3.05, 3.63) is 66.8 Å². The van der Waals surface area contributed by atoms with Crippen molar-refractivity contribution < 1.29 is 9.53 Å². The van der Waals surface area contributed by atoms with Gasteiger partial charge in [0, 0.05) is 12.1 Å². The summed E-state index contributed by atoms with van der Waals surface area (Å²) in [5, 5.41) is 3.39. The van der Waals surface area contributed by atoms with E-state index >= 15 is 0 Å². The van der Waals surface area contributed by atoms with Crippen LogP contribution in [0.2, 0.25) is 0 Å². The first kappa shape index (κ1) is 16.1. The largest absolute Gasteiger partial charge is 0.466 e. The molecule has 0 radical (unpaired) electrons. The van der Waals surface area contributed by atoms with Gasteiger partial charge in [-0.05, 0) is 37.0 Å². The molecular formula is C19H23NO2. The Bertz CT molecular complexity index is 536. The molecule has 1 aliphatic carbocycles. The summed E-state index contributed by atoms with van der Waals surface area (Å²) >= 11 is 0. The molecule has 1 unspecified atom stereocenters. The second kappa shape index (κ2) is 8.88. The van der Waals surface area contributed by atoms with Gasteiger partial charge in [0.1, 0.15) is 0 Å². The first-order valence-corrected chi connectivity index (χ1v) is 7.76. The quantitative estimate of drug-likeness (QED) is 0.829. The first-order valence-electron chi connectivity index (χ1n) is 7.76. The third-order valence-corrected chi connectivity index (χ3v) is 3.51. The van der Waals surface area contributed by atoms with Gasteiger partial charge in [-0.1, -0.05) is 49.1 Å². The highest BCUT2D eigenvalue weighted by molar-refractivity contribution is 5.69. The lowest BCUT2D eigenvalue weighted by atomic mass is 10.0. The average Bonchev–Trinajstić information content (AvgIpc) is 2.79. The van der Waals surface area contributed by atoms with Crippen LogP contribution in [0.25, 0.3) is 0 Å². The topological polar surface area (TPSA) is 38.3 Å². The lowest BCUT2D eigenvalue weighted by molar-refractivity contribution is -0.142. The minimum absolute atomic E-state index is 0.0255. The molecule has 0 aromatic heterocycles. The second-order valence-corrected chi connectivity index (χ2v) is 5.34. The molecule has 3 rings (SSSR count). The Labute approximate surface area is 132 Å². The number of hydrogen-bond acceptors (Lipinski definition) is 3. The van der Waals surface area contributed by atoms with Gasteiger partial charge >= 0.3 is 5.97 Å². The monoisotopic (exact) mass is 297 g/mol. The van der Waals surface area contributed by atoms with E-state index in [0.717, 1.165) is 30.5 Å². The van der Waals surface area contributed by atoms with Gasteiger partial charge in [0.25, 0.3) is 0 Å². The van der Waals surface area contributed by atoms with E-state index in [1.807, 2.05) is 36.4 Å². The van der Waals surface area contributed by atoms with Crippen molar-refractivity contribution >= 4 is 11.7 Å². The van der Waals surface area contributed by atoms with Crippen molar-refractivity contribution in [2.45, 2.75) is 31.7 Å². The minimum atomic E-state index is -0.0255. The molecule has 0 amide bonds. The maximum Gasteiger partial charge on any atom is 0.305 e. The van der Waals surface area contributed by atoms with E-state index in [-0.39, 0.29) is 12.0 Å². The van der Waals surface area contributed by atoms with Gasteiger partial charge in [0.2, 0.25) is 0 Å². The Kier molecular flexibility index (Phi) is 6.49. The van der Waals surface area contributed by atoms with Gasteiger partial charge in [-0.2, -0.15) is 0 Å². The number of esters is 1. The molecule has 3 nitrogen and oxygen atoms in total. The van der Waals surface area contributed by atoms with Gasteiger partial charge in [0.05, 0.1) is 12.6 Å². The number of para-hydroxylation sites is 1. The van der Waals surface area contributed by atoms with E-state index < -0.39 is 0 Å². The van der Waals surface area contributed by atoms with Gasteiger partial charge in [0.15, 0.2) is 0 Å². The Morgan fingerprint density at radius 1 is 1.09 bits per heavy atom. The molecule has 1 saturated heterocycles. The zero-order valence-corrected chi connectivity index (χ0v) is 12.8. The van der Waals surface area contributed by atoms with Crippen LogP contribution in [0.1, 0.15) is 25.7 Å². The maximum absolute atomic E-state index is 10.5. The molecule has 3 heteroatoms. The summed E-state index contributed by atoms with van der Waals surface area (Å²) in [4.78, 5) is 10.5. The Hall–Kier alpha value is -2.29. The van der Waals surface area contributed by atoms with Crippen molar-refractivity contribution in [2.75, 3.05) is 11.9 Å². The normalized spacial score (nSPS) is 20.5. The molecule has 1 fully saturated rings. The van der Waals surface area contributed by atoms with Crippen LogP contribution < -0.4 is 5.32 Å². The smallest absolute Gasteiger partial charge is 0.305 e. The number of hydrogen-bond donors (Lipinski definition) is 1. The van der Waals surface area contributed by atoms with Crippen LogP contribution in [0.4, 0.5) is 5.69 Å². The van der Waals surface area contributed by atoms with Gasteiger partial charge in [-0.25, -0.2) is 0 Å². The van der Waals surface area contributed by atoms with Crippen LogP contribution in [0.5, 0.6) is 0 Å². The van der Waals surface area contributed by atoms with E-state index in [9.17, 15) is 4.79 Å². The molecule has 22 heavy (non-hydrogen) atoms. The molecule has 0 saturated carbocycles. The number of allylic oxidation sites excluding steroid dienone is 2. The number of carbonyl (C=O) groups is 1. The van der Waals surface area contributed by atoms with Gasteiger partial charge in [-0.3, -0.25) is 4.79 Å². The number of rotatable bonds is 2. The lowest BCUT2D eigenvalue weighted by Crippen LogP contribution is -2.19. The van der Waals surface area contributed by atoms with Gasteiger partial charge < -0.3 is 10.1 Å². The number of carbonyl (C=O) groups excluding carboxylic acids is 1. The predicted molar refractivity (Wildman–Crippen MR) is 90.7 cm³/mol. The van der Waals surface area contributed by atoms with E-state index in [0.29, 0.717) is 13.0 Å². The summed E-state index contributed by atoms with van der Waals surface area (Å²) in [5.74, 6) is -0.0255. The number of benzene rings is 1. The van der Waals surface area contributed by atoms with Crippen LogP contribution in [0.3, 0.4) is 0 Å². The Morgan fingerprint density at radius 3 is 2.68 bits per heavy atom. The maximum atomic E-state index is 10.5. The average molecular weight is 297 g/mol. The summed E-state index contributed by atoms with van der Waals surface area (Å²) in [6.07, 6.45) is 12.0. The highest BCUT2D eigenvalue weighted by Crippen LogP contribution is 2.15. The fraction of sp³-hybridized carbons (Fsp3) is 0.316. The van der Waals surface area contributed by atoms with Crippen molar-refractivity contribution in [1.29, 1.82) is 0 Å². The van der Waals surface area contributed by atoms with E-state index in [2.05, 4.69) is 30.1 Å². The molecule has 0 spiro atoms. The molecule has 2 aliphatic rings. The van der Waals surface area contributed by atoms with Crippen molar-refractivity contribution in [1.82, 2.24) is 0 Å². The molecular weight excluding hydrogens is 274 g/mol. The highest BCUT2D eigenvalue weighted by atomic mass is 16.5. The van der Waals surface area contributed by atoms with Crippen LogP contribution in [-0.4, -0.2) is 18.6 Å². The summed E-state index contributed by atoms with van der Waals surface area (Å²) in [6.45, 7) is 4.63. The molecule has 1 aliphatic heterocycles. The molecule has 1 atom stereocenters. The molecule has 0 bridgehead atoms. The van der Waals surface area contributed by atoms with Crippen LogP contribution in [0.15, 0.2) is 66.8 Å². The van der Waals surface area contributed by atoms with E-state index in [4.69, 9.17) is 4.74 Å². The van der Waals surface area contributed by atoms with E-state index in [1.165, 1.54) is 0 Å². The van der Waals surface area contributed by atoms with Crippen molar-refractivity contribution in [2.24, 2.45) is 0 Å². The molecule has 1 aromatic carbocycles. The summed E-state index contributed by atoms with van der Waals surface area (Å²) < 4.78 is 4.76. The van der Waals surface area contributed by atoms with Gasteiger partial charge in [-0.15, -0.1) is 0 Å². The minimum Gasteiger partial charge on any atom is -0.466 e. The first-order chi connectivity index (χ1) is 10.8. The predicted octanol–water partition coefficient (Wildman–Crippen LogP) is 4.25. The lowest BCUT2D eigenvalue weighted by Gasteiger charge is -2.18. The zero-order valence-electron chi connectivity index (χ0n) is 12.8. The molecule has 116 valence electrons. The molecule has 1 aromatic rings. The number of anilines is 1. The van der Waals surface area contributed by atoms with E-state index in [1.54, 1.807) is 0 Å². The second-order valence-electron chi connectivity index (χ2n) is 5.34. The SMILES string of the molecule is C=C1C=CC=CC1Nc1ccccc1.O=C1CCCCCO1. The molecule has 1 N–H and O–H groups in total. The third kappa shape index (κ3) is 5.60. The summed E-state index contributed by atoms with van der Waals surface area (Å²) in [7, 11) is 0. The fourth-order valence-electron chi connectivity index (χ4n) is 2.24. The van der Waals surface area contributed by atoms with Crippen LogP contribution >= 0.6 is 0 Å². The highest BCUT2D eigenvalue weighted by Gasteiger charge is 2.08. The summed E-state index contributed by atoms with van der Waals surface area (Å²) in [5.41, 5.74) is 2.22. The van der Waals surface area contributed by atoms with Crippen LogP contribution in [-0.2, 0) is 9.53 Å². The van der Waals surface area contributed by atoms with Crippen molar-refractivity contribution in [3.63, 3.8) is 0 Å². The summed E-state index contributed by atoms with van der Waals surface area (Å²) in [6, 6.07) is 10.4. The zero-order chi connectivity index (χ0) is 15.6.